The number of hydrogen-bond acceptors (Lipinski definition) is 5. The van der Waals surface area contributed by atoms with Gasteiger partial charge in [-0.3, -0.25) is 4.79 Å². The van der Waals surface area contributed by atoms with Crippen LogP contribution in [-0.4, -0.2) is 23.1 Å². The van der Waals surface area contributed by atoms with E-state index in [9.17, 15) is 4.79 Å². The van der Waals surface area contributed by atoms with Gasteiger partial charge in [0.25, 0.3) is 5.91 Å². The molecular formula is C13H16N4O2. The molecule has 6 heteroatoms. The molecule has 19 heavy (non-hydrogen) atoms. The minimum Gasteiger partial charge on any atom is -0.374 e. The van der Waals surface area contributed by atoms with Crippen molar-refractivity contribution >= 4 is 11.6 Å². The van der Waals surface area contributed by atoms with Crippen LogP contribution in [-0.2, 0) is 0 Å². The second-order valence-electron chi connectivity index (χ2n) is 4.21. The summed E-state index contributed by atoms with van der Waals surface area (Å²) in [6.45, 7) is 3.69. The van der Waals surface area contributed by atoms with Gasteiger partial charge in [-0.15, -0.1) is 0 Å². The third kappa shape index (κ3) is 3.09. The number of aromatic nitrogens is 2. The molecule has 0 fully saturated rings. The highest BCUT2D eigenvalue weighted by molar-refractivity contribution is 5.94. The fourth-order valence-electron chi connectivity index (χ4n) is 1.70. The largest absolute Gasteiger partial charge is 0.374 e. The van der Waals surface area contributed by atoms with Gasteiger partial charge in [-0.05, 0) is 32.0 Å². The first-order valence-corrected chi connectivity index (χ1v) is 5.99. The van der Waals surface area contributed by atoms with Gasteiger partial charge in [0.2, 0.25) is 5.89 Å². The highest BCUT2D eigenvalue weighted by atomic mass is 16.5. The zero-order chi connectivity index (χ0) is 13.8. The van der Waals surface area contributed by atoms with Gasteiger partial charge in [-0.25, -0.2) is 0 Å². The van der Waals surface area contributed by atoms with E-state index < -0.39 is 0 Å². The first kappa shape index (κ1) is 13.1. The molecule has 1 amide bonds. The van der Waals surface area contributed by atoms with E-state index in [4.69, 9.17) is 4.52 Å². The van der Waals surface area contributed by atoms with E-state index >= 15 is 0 Å². The van der Waals surface area contributed by atoms with Gasteiger partial charge in [0.1, 0.15) is 6.04 Å². The van der Waals surface area contributed by atoms with E-state index in [2.05, 4.69) is 20.8 Å². The van der Waals surface area contributed by atoms with Crippen LogP contribution in [0.3, 0.4) is 0 Å². The fourth-order valence-corrected chi connectivity index (χ4v) is 1.70. The van der Waals surface area contributed by atoms with Crippen molar-refractivity contribution in [3.8, 4) is 0 Å². The minimum absolute atomic E-state index is 0.120. The minimum atomic E-state index is -0.124. The van der Waals surface area contributed by atoms with Crippen LogP contribution in [0.2, 0.25) is 0 Å². The van der Waals surface area contributed by atoms with Crippen LogP contribution >= 0.6 is 0 Å². The second kappa shape index (κ2) is 5.51. The van der Waals surface area contributed by atoms with Crippen LogP contribution in [0, 0.1) is 6.92 Å². The lowest BCUT2D eigenvalue weighted by Gasteiger charge is -2.12. The van der Waals surface area contributed by atoms with Gasteiger partial charge in [0.05, 0.1) is 0 Å². The number of nitrogens with one attached hydrogen (secondary N) is 2. The van der Waals surface area contributed by atoms with Gasteiger partial charge >= 0.3 is 0 Å². The molecule has 0 bridgehead atoms. The molecule has 0 aliphatic carbocycles. The predicted molar refractivity (Wildman–Crippen MR) is 70.9 cm³/mol. The van der Waals surface area contributed by atoms with E-state index in [1.54, 1.807) is 26.1 Å². The Morgan fingerprint density at radius 2 is 2.21 bits per heavy atom. The molecule has 1 aromatic carbocycles. The average Bonchev–Trinajstić information content (AvgIpc) is 2.85. The highest BCUT2D eigenvalue weighted by Gasteiger charge is 2.13. The number of carbonyl (C=O) groups is 1. The molecule has 0 aliphatic rings. The van der Waals surface area contributed by atoms with Gasteiger partial charge in [0.15, 0.2) is 5.82 Å². The van der Waals surface area contributed by atoms with Crippen molar-refractivity contribution in [2.75, 3.05) is 12.4 Å². The molecule has 1 unspecified atom stereocenters. The summed E-state index contributed by atoms with van der Waals surface area (Å²) >= 11 is 0. The van der Waals surface area contributed by atoms with E-state index in [-0.39, 0.29) is 11.9 Å². The first-order chi connectivity index (χ1) is 9.10. The van der Waals surface area contributed by atoms with Crippen molar-refractivity contribution in [2.45, 2.75) is 19.9 Å². The maximum atomic E-state index is 11.5. The number of anilines is 1. The molecule has 0 saturated heterocycles. The van der Waals surface area contributed by atoms with Gasteiger partial charge < -0.3 is 15.2 Å². The van der Waals surface area contributed by atoms with Crippen LogP contribution in [0.25, 0.3) is 0 Å². The number of nitrogens with zero attached hydrogens (tertiary/aromatic N) is 2. The number of amides is 1. The third-order valence-electron chi connectivity index (χ3n) is 2.65. The Balaban J connectivity index is 2.12. The standard InChI is InChI=1S/C13H16N4O2/c1-8(13-16-9(2)17-19-13)15-11-6-4-5-10(7-11)12(18)14-3/h4-8,15H,1-3H3,(H,14,18). The summed E-state index contributed by atoms with van der Waals surface area (Å²) in [4.78, 5) is 15.7. The van der Waals surface area contributed by atoms with Crippen LogP contribution in [0.5, 0.6) is 0 Å². The summed E-state index contributed by atoms with van der Waals surface area (Å²) in [6.07, 6.45) is 0. The normalized spacial score (nSPS) is 11.9. The van der Waals surface area contributed by atoms with Crippen molar-refractivity contribution in [3.05, 3.63) is 41.5 Å². The van der Waals surface area contributed by atoms with Crippen molar-refractivity contribution in [2.24, 2.45) is 0 Å². The summed E-state index contributed by atoms with van der Waals surface area (Å²) in [5.74, 6) is 0.996. The summed E-state index contributed by atoms with van der Waals surface area (Å²) in [7, 11) is 1.60. The Bertz CT molecular complexity index is 580. The SMILES string of the molecule is CNC(=O)c1cccc(NC(C)c2nc(C)no2)c1. The van der Waals surface area contributed by atoms with Gasteiger partial charge in [-0.2, -0.15) is 4.98 Å². The van der Waals surface area contributed by atoms with Crippen molar-refractivity contribution in [1.29, 1.82) is 0 Å². The molecule has 2 N–H and O–H groups in total. The molecular weight excluding hydrogens is 244 g/mol. The zero-order valence-electron chi connectivity index (χ0n) is 11.1. The van der Waals surface area contributed by atoms with Crippen LogP contribution in [0.15, 0.2) is 28.8 Å². The average molecular weight is 260 g/mol. The van der Waals surface area contributed by atoms with Crippen molar-refractivity contribution < 1.29 is 9.32 Å². The molecule has 2 aromatic rings. The zero-order valence-corrected chi connectivity index (χ0v) is 11.1. The quantitative estimate of drug-likeness (QED) is 0.877. The smallest absolute Gasteiger partial charge is 0.251 e. The molecule has 1 aromatic heterocycles. The number of benzene rings is 1. The highest BCUT2D eigenvalue weighted by Crippen LogP contribution is 2.18. The van der Waals surface area contributed by atoms with Crippen LogP contribution in [0.1, 0.15) is 35.0 Å². The Morgan fingerprint density at radius 3 is 2.84 bits per heavy atom. The number of carbonyl (C=O) groups excluding carboxylic acids is 1. The molecule has 1 atom stereocenters. The van der Waals surface area contributed by atoms with Crippen LogP contribution < -0.4 is 10.6 Å². The maximum absolute atomic E-state index is 11.5. The number of aryl methyl sites for hydroxylation is 1. The maximum Gasteiger partial charge on any atom is 0.251 e. The molecule has 0 aliphatic heterocycles. The second-order valence-corrected chi connectivity index (χ2v) is 4.21. The van der Waals surface area contributed by atoms with E-state index in [1.165, 1.54) is 0 Å². The Kier molecular flexibility index (Phi) is 3.79. The fraction of sp³-hybridized carbons (Fsp3) is 0.308. The summed E-state index contributed by atoms with van der Waals surface area (Å²) in [5, 5.41) is 9.55. The number of hydrogen-bond donors (Lipinski definition) is 2. The van der Waals surface area contributed by atoms with Gasteiger partial charge in [-0.1, -0.05) is 11.2 Å². The molecule has 6 nitrogen and oxygen atoms in total. The first-order valence-electron chi connectivity index (χ1n) is 5.99. The molecule has 0 radical (unpaired) electrons. The lowest BCUT2D eigenvalue weighted by atomic mass is 10.1. The van der Waals surface area contributed by atoms with E-state index in [0.29, 0.717) is 17.3 Å². The van der Waals surface area contributed by atoms with E-state index in [1.807, 2.05) is 19.1 Å². The Hall–Kier alpha value is -2.37. The monoisotopic (exact) mass is 260 g/mol. The molecule has 0 spiro atoms. The van der Waals surface area contributed by atoms with Crippen molar-refractivity contribution in [1.82, 2.24) is 15.5 Å². The molecule has 2 rings (SSSR count). The summed E-state index contributed by atoms with van der Waals surface area (Å²) in [5.41, 5.74) is 1.42. The third-order valence-corrected chi connectivity index (χ3v) is 2.65. The summed E-state index contributed by atoms with van der Waals surface area (Å²) in [6, 6.07) is 7.11. The van der Waals surface area contributed by atoms with Crippen molar-refractivity contribution in [3.63, 3.8) is 0 Å². The van der Waals surface area contributed by atoms with Gasteiger partial charge in [0, 0.05) is 18.3 Å². The molecule has 0 saturated carbocycles. The number of rotatable bonds is 4. The Morgan fingerprint density at radius 1 is 1.42 bits per heavy atom. The lowest BCUT2D eigenvalue weighted by Crippen LogP contribution is -2.18. The van der Waals surface area contributed by atoms with Crippen LogP contribution in [0.4, 0.5) is 5.69 Å². The predicted octanol–water partition coefficient (Wildman–Crippen LogP) is 1.91. The lowest BCUT2D eigenvalue weighted by molar-refractivity contribution is 0.0963. The van der Waals surface area contributed by atoms with E-state index in [0.717, 1.165) is 5.69 Å². The topological polar surface area (TPSA) is 80.0 Å². The molecule has 100 valence electrons. The summed E-state index contributed by atoms with van der Waals surface area (Å²) < 4.78 is 5.09. The molecule has 1 heterocycles. The Labute approximate surface area is 111 Å².